The molecule has 0 saturated carbocycles. The maximum absolute atomic E-state index is 11.8. The highest BCUT2D eigenvalue weighted by atomic mass is 79.9. The minimum Gasteiger partial charge on any atom is -0.207 e. The normalized spacial score (nSPS) is 10.7. The van der Waals surface area contributed by atoms with E-state index in [2.05, 4.69) is 32.5 Å². The molecule has 1 rings (SSSR count). The first-order valence-corrected chi connectivity index (χ1v) is 6.97. The number of halogens is 2. The third-order valence-electron chi connectivity index (χ3n) is 1.71. The first kappa shape index (κ1) is 13.5. The predicted molar refractivity (Wildman–Crippen MR) is 67.8 cm³/mol. The van der Waals surface area contributed by atoms with Gasteiger partial charge in [-0.2, -0.15) is 4.72 Å². The summed E-state index contributed by atoms with van der Waals surface area (Å²) >= 11 is 9.05. The van der Waals surface area contributed by atoms with Crippen molar-refractivity contribution < 1.29 is 8.42 Å². The Labute approximate surface area is 108 Å². The van der Waals surface area contributed by atoms with Crippen LogP contribution in [0.25, 0.3) is 0 Å². The Morgan fingerprint density at radius 3 is 2.75 bits per heavy atom. The molecule has 0 saturated heterocycles. The molecule has 0 aliphatic carbocycles. The van der Waals surface area contributed by atoms with Gasteiger partial charge < -0.3 is 0 Å². The monoisotopic (exact) mass is 321 g/mol. The van der Waals surface area contributed by atoms with Crippen LogP contribution < -0.4 is 4.72 Å². The standard InChI is InChI=1S/C10H9BrClNO2S/c1-2-3-6-13-16(14,15)10-5-4-8(11)7-9(10)12/h4-5,7,13H,6H2,1H3. The molecule has 86 valence electrons. The summed E-state index contributed by atoms with van der Waals surface area (Å²) in [6.07, 6.45) is 0. The number of nitrogens with one attached hydrogen (secondary N) is 1. The number of hydrogen-bond acceptors (Lipinski definition) is 2. The van der Waals surface area contributed by atoms with E-state index in [4.69, 9.17) is 11.6 Å². The minimum absolute atomic E-state index is 0.0512. The number of sulfonamides is 1. The van der Waals surface area contributed by atoms with Gasteiger partial charge in [-0.1, -0.05) is 33.5 Å². The highest BCUT2D eigenvalue weighted by Gasteiger charge is 2.16. The zero-order valence-electron chi connectivity index (χ0n) is 8.42. The van der Waals surface area contributed by atoms with Crippen molar-refractivity contribution in [2.24, 2.45) is 0 Å². The maximum Gasteiger partial charge on any atom is 0.242 e. The average molecular weight is 323 g/mol. The van der Waals surface area contributed by atoms with E-state index in [0.717, 1.165) is 4.47 Å². The zero-order valence-corrected chi connectivity index (χ0v) is 11.6. The van der Waals surface area contributed by atoms with E-state index in [1.54, 1.807) is 13.0 Å². The van der Waals surface area contributed by atoms with Crippen molar-refractivity contribution in [1.29, 1.82) is 0 Å². The van der Waals surface area contributed by atoms with Gasteiger partial charge in [-0.3, -0.25) is 0 Å². The SMILES string of the molecule is CC#CCNS(=O)(=O)c1ccc(Br)cc1Cl. The molecule has 0 atom stereocenters. The van der Waals surface area contributed by atoms with Crippen LogP contribution in [0.2, 0.25) is 5.02 Å². The van der Waals surface area contributed by atoms with Crippen molar-refractivity contribution in [3.63, 3.8) is 0 Å². The van der Waals surface area contributed by atoms with E-state index in [1.807, 2.05) is 0 Å². The summed E-state index contributed by atoms with van der Waals surface area (Å²) in [4.78, 5) is 0.0512. The molecule has 1 aromatic rings. The number of hydrogen-bond donors (Lipinski definition) is 1. The molecule has 0 aromatic heterocycles. The molecular weight excluding hydrogens is 314 g/mol. The summed E-state index contributed by atoms with van der Waals surface area (Å²) < 4.78 is 26.6. The van der Waals surface area contributed by atoms with Crippen LogP contribution in [0.3, 0.4) is 0 Å². The molecule has 0 aliphatic heterocycles. The van der Waals surface area contributed by atoms with Gasteiger partial charge in [-0.05, 0) is 25.1 Å². The molecule has 0 heterocycles. The van der Waals surface area contributed by atoms with Crippen molar-refractivity contribution in [3.05, 3.63) is 27.7 Å². The molecule has 6 heteroatoms. The summed E-state index contributed by atoms with van der Waals surface area (Å²) in [6, 6.07) is 4.59. The lowest BCUT2D eigenvalue weighted by molar-refractivity contribution is 0.586. The van der Waals surface area contributed by atoms with Gasteiger partial charge in [0, 0.05) is 4.47 Å². The third kappa shape index (κ3) is 3.49. The molecule has 0 radical (unpaired) electrons. The molecule has 0 spiro atoms. The largest absolute Gasteiger partial charge is 0.242 e. The lowest BCUT2D eigenvalue weighted by Crippen LogP contribution is -2.24. The van der Waals surface area contributed by atoms with Crippen molar-refractivity contribution in [1.82, 2.24) is 4.72 Å². The number of rotatable bonds is 3. The fraction of sp³-hybridized carbons (Fsp3) is 0.200. The van der Waals surface area contributed by atoms with Gasteiger partial charge in [-0.15, -0.1) is 5.92 Å². The Bertz CT molecular complexity index is 546. The molecule has 0 aliphatic rings. The van der Waals surface area contributed by atoms with Gasteiger partial charge in [0.1, 0.15) is 4.90 Å². The second-order valence-corrected chi connectivity index (χ2v) is 5.88. The topological polar surface area (TPSA) is 46.2 Å². The highest BCUT2D eigenvalue weighted by molar-refractivity contribution is 9.10. The first-order chi connectivity index (χ1) is 7.47. The zero-order chi connectivity index (χ0) is 12.2. The molecular formula is C10H9BrClNO2S. The van der Waals surface area contributed by atoms with E-state index >= 15 is 0 Å². The molecule has 0 fully saturated rings. The van der Waals surface area contributed by atoms with Gasteiger partial charge >= 0.3 is 0 Å². The van der Waals surface area contributed by atoms with Gasteiger partial charge in [-0.25, -0.2) is 8.42 Å². The minimum atomic E-state index is -3.59. The van der Waals surface area contributed by atoms with Crippen LogP contribution in [-0.4, -0.2) is 15.0 Å². The summed E-state index contributed by atoms with van der Waals surface area (Å²) in [5, 5.41) is 0.173. The van der Waals surface area contributed by atoms with Gasteiger partial charge in [0.05, 0.1) is 11.6 Å². The Hall–Kier alpha value is -0.540. The van der Waals surface area contributed by atoms with Gasteiger partial charge in [0.15, 0.2) is 0 Å². The van der Waals surface area contributed by atoms with Crippen molar-refractivity contribution in [2.75, 3.05) is 6.54 Å². The van der Waals surface area contributed by atoms with E-state index in [0.29, 0.717) is 0 Å². The van der Waals surface area contributed by atoms with E-state index < -0.39 is 10.0 Å². The van der Waals surface area contributed by atoms with Crippen LogP contribution >= 0.6 is 27.5 Å². The summed E-state index contributed by atoms with van der Waals surface area (Å²) in [5.41, 5.74) is 0. The maximum atomic E-state index is 11.8. The van der Waals surface area contributed by atoms with Crippen LogP contribution in [0.5, 0.6) is 0 Å². The molecule has 1 aromatic carbocycles. The quantitative estimate of drug-likeness (QED) is 0.869. The Morgan fingerprint density at radius 1 is 1.50 bits per heavy atom. The van der Waals surface area contributed by atoms with Crippen molar-refractivity contribution >= 4 is 37.6 Å². The van der Waals surface area contributed by atoms with Crippen LogP contribution in [0.4, 0.5) is 0 Å². The van der Waals surface area contributed by atoms with Crippen LogP contribution in [0.1, 0.15) is 6.92 Å². The molecule has 1 N–H and O–H groups in total. The first-order valence-electron chi connectivity index (χ1n) is 4.31. The summed E-state index contributed by atoms with van der Waals surface area (Å²) in [6.45, 7) is 1.71. The van der Waals surface area contributed by atoms with E-state index in [-0.39, 0.29) is 16.5 Å². The fourth-order valence-electron chi connectivity index (χ4n) is 0.990. The summed E-state index contributed by atoms with van der Waals surface area (Å²) in [7, 11) is -3.59. The Balaban J connectivity index is 3.01. The molecule has 0 bridgehead atoms. The average Bonchev–Trinajstić information content (AvgIpc) is 2.17. The third-order valence-corrected chi connectivity index (χ3v) is 4.09. The molecule has 16 heavy (non-hydrogen) atoms. The fourth-order valence-corrected chi connectivity index (χ4v) is 2.95. The lowest BCUT2D eigenvalue weighted by Gasteiger charge is -2.06. The van der Waals surface area contributed by atoms with E-state index in [9.17, 15) is 8.42 Å². The predicted octanol–water partition coefficient (Wildman–Crippen LogP) is 2.40. The Kier molecular flexibility index (Phi) is 4.81. The second-order valence-electron chi connectivity index (χ2n) is 2.83. The highest BCUT2D eigenvalue weighted by Crippen LogP contribution is 2.24. The van der Waals surface area contributed by atoms with Crippen LogP contribution in [-0.2, 0) is 10.0 Å². The second kappa shape index (κ2) is 5.69. The van der Waals surface area contributed by atoms with Crippen molar-refractivity contribution in [3.8, 4) is 11.8 Å². The summed E-state index contributed by atoms with van der Waals surface area (Å²) in [5.74, 6) is 5.21. The Morgan fingerprint density at radius 2 is 2.19 bits per heavy atom. The van der Waals surface area contributed by atoms with Gasteiger partial charge in [0.2, 0.25) is 10.0 Å². The molecule has 3 nitrogen and oxygen atoms in total. The van der Waals surface area contributed by atoms with E-state index in [1.165, 1.54) is 12.1 Å². The molecule has 0 amide bonds. The van der Waals surface area contributed by atoms with Gasteiger partial charge in [0.25, 0.3) is 0 Å². The molecule has 0 unspecified atom stereocenters. The lowest BCUT2D eigenvalue weighted by atomic mass is 10.4. The number of benzene rings is 1. The van der Waals surface area contributed by atoms with Crippen LogP contribution in [0, 0.1) is 11.8 Å². The van der Waals surface area contributed by atoms with Crippen LogP contribution in [0.15, 0.2) is 27.6 Å². The van der Waals surface area contributed by atoms with Crippen molar-refractivity contribution in [2.45, 2.75) is 11.8 Å². The smallest absolute Gasteiger partial charge is 0.207 e.